The molecule has 0 saturated carbocycles. The molecule has 0 bridgehead atoms. The van der Waals surface area contributed by atoms with Crippen LogP contribution in [0.25, 0.3) is 0 Å². The summed E-state index contributed by atoms with van der Waals surface area (Å²) in [4.78, 5) is 9.25. The summed E-state index contributed by atoms with van der Waals surface area (Å²) in [7, 11) is 0. The zero-order valence-electron chi connectivity index (χ0n) is 8.09. The van der Waals surface area contributed by atoms with Crippen molar-refractivity contribution in [1.29, 1.82) is 0 Å². The summed E-state index contributed by atoms with van der Waals surface area (Å²) < 4.78 is 0. The van der Waals surface area contributed by atoms with Crippen molar-refractivity contribution in [2.45, 2.75) is 12.8 Å². The number of aliphatic hydroxyl groups excluding tert-OH is 3. The predicted molar refractivity (Wildman–Crippen MR) is 51.8 cm³/mol. The van der Waals surface area contributed by atoms with Gasteiger partial charge in [-0.2, -0.15) is 0 Å². The molecule has 0 aliphatic carbocycles. The van der Waals surface area contributed by atoms with Crippen LogP contribution < -0.4 is 0 Å². The molecule has 0 aliphatic rings. The Balaban J connectivity index is 0. The lowest BCUT2D eigenvalue weighted by atomic mass is 10.1. The van der Waals surface area contributed by atoms with Crippen molar-refractivity contribution in [2.24, 2.45) is 5.92 Å². The third-order valence-corrected chi connectivity index (χ3v) is 1.46. The third kappa shape index (κ3) is 13.7. The Labute approximate surface area is 83.3 Å². The van der Waals surface area contributed by atoms with Gasteiger partial charge in [0.15, 0.2) is 0 Å². The van der Waals surface area contributed by atoms with Crippen molar-refractivity contribution >= 4 is 5.97 Å². The van der Waals surface area contributed by atoms with E-state index in [0.717, 1.165) is 6.08 Å². The summed E-state index contributed by atoms with van der Waals surface area (Å²) >= 11 is 0. The van der Waals surface area contributed by atoms with E-state index >= 15 is 0 Å². The van der Waals surface area contributed by atoms with Gasteiger partial charge in [0, 0.05) is 31.8 Å². The molecular formula is C9H18O5. The topological polar surface area (TPSA) is 98.0 Å². The highest BCUT2D eigenvalue weighted by atomic mass is 16.4. The predicted octanol–water partition coefficient (Wildman–Crippen LogP) is -0.383. The Morgan fingerprint density at radius 2 is 1.71 bits per heavy atom. The van der Waals surface area contributed by atoms with Gasteiger partial charge >= 0.3 is 5.97 Å². The van der Waals surface area contributed by atoms with E-state index in [9.17, 15) is 4.79 Å². The number of hydrogen-bond acceptors (Lipinski definition) is 4. The second-order valence-corrected chi connectivity index (χ2v) is 2.64. The fourth-order valence-corrected chi connectivity index (χ4v) is 0.620. The third-order valence-electron chi connectivity index (χ3n) is 1.46. The highest BCUT2D eigenvalue weighted by Gasteiger charge is 2.03. The van der Waals surface area contributed by atoms with Crippen LogP contribution in [0.4, 0.5) is 0 Å². The molecule has 0 saturated heterocycles. The summed E-state index contributed by atoms with van der Waals surface area (Å²) in [6.07, 6.45) is 2.19. The molecule has 0 heterocycles. The molecule has 0 atom stereocenters. The minimum atomic E-state index is -0.981. The first-order valence-electron chi connectivity index (χ1n) is 4.30. The van der Waals surface area contributed by atoms with Crippen molar-refractivity contribution in [3.05, 3.63) is 12.7 Å². The average molecular weight is 206 g/mol. The van der Waals surface area contributed by atoms with E-state index in [1.54, 1.807) is 0 Å². The van der Waals surface area contributed by atoms with Gasteiger partial charge in [-0.1, -0.05) is 6.58 Å². The molecule has 0 fully saturated rings. The van der Waals surface area contributed by atoms with Crippen LogP contribution in [-0.2, 0) is 4.79 Å². The van der Waals surface area contributed by atoms with Gasteiger partial charge in [0.25, 0.3) is 0 Å². The lowest BCUT2D eigenvalue weighted by molar-refractivity contribution is -0.131. The maximum Gasteiger partial charge on any atom is 0.327 e. The van der Waals surface area contributed by atoms with Crippen LogP contribution >= 0.6 is 0 Å². The van der Waals surface area contributed by atoms with Gasteiger partial charge in [-0.15, -0.1) is 0 Å². The minimum absolute atomic E-state index is 0.0104. The number of carboxylic acids is 1. The fourth-order valence-electron chi connectivity index (χ4n) is 0.620. The highest BCUT2D eigenvalue weighted by Crippen LogP contribution is 2.02. The molecule has 84 valence electrons. The van der Waals surface area contributed by atoms with Gasteiger partial charge in [0.05, 0.1) is 0 Å². The summed E-state index contributed by atoms with van der Waals surface area (Å²) in [6, 6.07) is 0. The van der Waals surface area contributed by atoms with E-state index < -0.39 is 5.97 Å². The largest absolute Gasteiger partial charge is 0.478 e. The van der Waals surface area contributed by atoms with Crippen molar-refractivity contribution in [3.63, 3.8) is 0 Å². The first-order chi connectivity index (χ1) is 6.62. The Morgan fingerprint density at radius 1 is 1.29 bits per heavy atom. The first-order valence-corrected chi connectivity index (χ1v) is 4.30. The minimum Gasteiger partial charge on any atom is -0.478 e. The number of carbonyl (C=O) groups is 1. The van der Waals surface area contributed by atoms with Crippen LogP contribution in [0, 0.1) is 5.92 Å². The molecule has 0 unspecified atom stereocenters. The molecule has 0 aliphatic heterocycles. The van der Waals surface area contributed by atoms with Crippen molar-refractivity contribution in [1.82, 2.24) is 0 Å². The van der Waals surface area contributed by atoms with Gasteiger partial charge in [0.1, 0.15) is 0 Å². The molecule has 0 aromatic carbocycles. The van der Waals surface area contributed by atoms with Gasteiger partial charge < -0.3 is 20.4 Å². The molecule has 4 N–H and O–H groups in total. The summed E-state index contributed by atoms with van der Waals surface area (Å²) in [6.45, 7) is 3.12. The average Bonchev–Trinajstić information content (AvgIpc) is 2.20. The molecule has 0 amide bonds. The molecule has 0 radical (unpaired) electrons. The Hall–Kier alpha value is -0.910. The van der Waals surface area contributed by atoms with E-state index in [4.69, 9.17) is 20.4 Å². The molecule has 14 heavy (non-hydrogen) atoms. The monoisotopic (exact) mass is 206 g/mol. The zero-order valence-corrected chi connectivity index (χ0v) is 8.09. The second-order valence-electron chi connectivity index (χ2n) is 2.64. The van der Waals surface area contributed by atoms with E-state index in [2.05, 4.69) is 6.58 Å². The van der Waals surface area contributed by atoms with E-state index in [-0.39, 0.29) is 25.7 Å². The molecule has 0 rings (SSSR count). The zero-order chi connectivity index (χ0) is 11.4. The van der Waals surface area contributed by atoms with E-state index in [1.807, 2.05) is 0 Å². The lowest BCUT2D eigenvalue weighted by Crippen LogP contribution is -2.11. The Morgan fingerprint density at radius 3 is 1.93 bits per heavy atom. The maximum absolute atomic E-state index is 9.25. The Kier molecular flexibility index (Phi) is 13.4. The number of aliphatic hydroxyl groups is 3. The smallest absolute Gasteiger partial charge is 0.327 e. The van der Waals surface area contributed by atoms with Crippen LogP contribution in [0.2, 0.25) is 0 Å². The lowest BCUT2D eigenvalue weighted by Gasteiger charge is -2.07. The number of carboxylic acid groups (broad SMARTS) is 1. The van der Waals surface area contributed by atoms with Crippen molar-refractivity contribution in [2.75, 3.05) is 19.8 Å². The summed E-state index contributed by atoms with van der Waals surface area (Å²) in [5.41, 5.74) is 0. The summed E-state index contributed by atoms with van der Waals surface area (Å²) in [5.74, 6) is -1.03. The highest BCUT2D eigenvalue weighted by molar-refractivity contribution is 5.78. The van der Waals surface area contributed by atoms with Crippen LogP contribution in [0.15, 0.2) is 12.7 Å². The van der Waals surface area contributed by atoms with Gasteiger partial charge in [-0.3, -0.25) is 0 Å². The van der Waals surface area contributed by atoms with Crippen molar-refractivity contribution < 1.29 is 25.2 Å². The van der Waals surface area contributed by atoms with Gasteiger partial charge in [-0.05, 0) is 12.8 Å². The maximum atomic E-state index is 9.25. The molecule has 5 heteroatoms. The van der Waals surface area contributed by atoms with Crippen LogP contribution in [0.1, 0.15) is 12.8 Å². The quantitative estimate of drug-likeness (QED) is 0.444. The van der Waals surface area contributed by atoms with Crippen LogP contribution in [-0.4, -0.2) is 46.2 Å². The van der Waals surface area contributed by atoms with E-state index in [0.29, 0.717) is 12.8 Å². The number of rotatable bonds is 6. The normalized spacial score (nSPS) is 9.14. The molecule has 0 aromatic heterocycles. The molecule has 0 aromatic rings. The standard InChI is InChI=1S/C6H14O3.C3H4O2/c7-3-1-2-6(4-8)5-9;1-2-3(4)5/h6-9H,1-5H2;2H,1H2,(H,4,5). The number of hydrogen-bond donors (Lipinski definition) is 4. The first kappa shape index (κ1) is 15.6. The second kappa shape index (κ2) is 12.1. The van der Waals surface area contributed by atoms with Crippen LogP contribution in [0.3, 0.4) is 0 Å². The molecular weight excluding hydrogens is 188 g/mol. The molecule has 0 spiro atoms. The number of aliphatic carboxylic acids is 1. The SMILES string of the molecule is C=CC(=O)O.OCCCC(CO)CO. The van der Waals surface area contributed by atoms with Crippen LogP contribution in [0.5, 0.6) is 0 Å². The van der Waals surface area contributed by atoms with Gasteiger partial charge in [-0.25, -0.2) is 4.79 Å². The van der Waals surface area contributed by atoms with Gasteiger partial charge in [0.2, 0.25) is 0 Å². The fraction of sp³-hybridized carbons (Fsp3) is 0.667. The Bertz CT molecular complexity index is 142. The van der Waals surface area contributed by atoms with Crippen molar-refractivity contribution in [3.8, 4) is 0 Å². The van der Waals surface area contributed by atoms with E-state index in [1.165, 1.54) is 0 Å². The summed E-state index contributed by atoms with van der Waals surface area (Å²) in [5, 5.41) is 33.0. The molecule has 5 nitrogen and oxygen atoms in total.